The predicted octanol–water partition coefficient (Wildman–Crippen LogP) is 3.79. The van der Waals surface area contributed by atoms with Crippen molar-refractivity contribution in [1.29, 1.82) is 0 Å². The van der Waals surface area contributed by atoms with E-state index in [1.807, 2.05) is 0 Å². The molecule has 2 saturated heterocycles. The van der Waals surface area contributed by atoms with Gasteiger partial charge in [-0.25, -0.2) is 0 Å². The summed E-state index contributed by atoms with van der Waals surface area (Å²) < 4.78 is 5.37. The molecule has 166 valence electrons. The summed E-state index contributed by atoms with van der Waals surface area (Å²) >= 11 is 7.91. The van der Waals surface area contributed by atoms with Crippen molar-refractivity contribution < 1.29 is 14.3 Å². The van der Waals surface area contributed by atoms with Crippen LogP contribution in [0.3, 0.4) is 0 Å². The Hall–Kier alpha value is -2.09. The van der Waals surface area contributed by atoms with E-state index in [4.69, 9.17) is 16.3 Å². The molecule has 1 unspecified atom stereocenters. The Morgan fingerprint density at radius 3 is 2.81 bits per heavy atom. The SMILES string of the molecule is COc1ccc(Cl)cc1N1CC(C(=O)NCC2CCN(Cc3cccs3)CC2)CC1=O. The van der Waals surface area contributed by atoms with Gasteiger partial charge in [0.15, 0.2) is 0 Å². The summed E-state index contributed by atoms with van der Waals surface area (Å²) in [4.78, 5) is 30.8. The van der Waals surface area contributed by atoms with Crippen LogP contribution >= 0.6 is 22.9 Å². The molecule has 3 heterocycles. The molecule has 0 bridgehead atoms. The smallest absolute Gasteiger partial charge is 0.227 e. The third kappa shape index (κ3) is 5.40. The lowest BCUT2D eigenvalue weighted by Crippen LogP contribution is -2.40. The summed E-state index contributed by atoms with van der Waals surface area (Å²) in [6, 6.07) is 9.45. The van der Waals surface area contributed by atoms with E-state index in [9.17, 15) is 9.59 Å². The zero-order valence-corrected chi connectivity index (χ0v) is 19.3. The Balaban J connectivity index is 1.25. The molecule has 2 amide bonds. The molecule has 2 fully saturated rings. The van der Waals surface area contributed by atoms with E-state index < -0.39 is 0 Å². The van der Waals surface area contributed by atoms with E-state index in [0.717, 1.165) is 32.5 Å². The summed E-state index contributed by atoms with van der Waals surface area (Å²) in [7, 11) is 1.56. The molecule has 4 rings (SSSR count). The van der Waals surface area contributed by atoms with E-state index in [1.165, 1.54) is 4.88 Å². The highest BCUT2D eigenvalue weighted by Crippen LogP contribution is 2.35. The monoisotopic (exact) mass is 461 g/mol. The van der Waals surface area contributed by atoms with Crippen molar-refractivity contribution in [2.45, 2.75) is 25.8 Å². The lowest BCUT2D eigenvalue weighted by Gasteiger charge is -2.31. The first kappa shape index (κ1) is 22.1. The number of halogens is 1. The molecular weight excluding hydrogens is 434 g/mol. The summed E-state index contributed by atoms with van der Waals surface area (Å²) in [6.07, 6.45) is 2.38. The standard InChI is InChI=1S/C23H28ClN3O3S/c1-30-21-5-4-18(24)12-20(21)27-14-17(11-22(27)28)23(29)25-13-16-6-8-26(9-7-16)15-19-3-2-10-31-19/h2-5,10,12,16-17H,6-9,11,13-15H2,1H3,(H,25,29). The number of rotatable bonds is 7. The van der Waals surface area contributed by atoms with Crippen LogP contribution < -0.4 is 15.0 Å². The number of carbonyl (C=O) groups is 2. The zero-order valence-electron chi connectivity index (χ0n) is 17.7. The van der Waals surface area contributed by atoms with Gasteiger partial charge in [-0.15, -0.1) is 11.3 Å². The van der Waals surface area contributed by atoms with Gasteiger partial charge in [0.05, 0.1) is 18.7 Å². The minimum absolute atomic E-state index is 0.0436. The molecule has 1 atom stereocenters. The van der Waals surface area contributed by atoms with Crippen LogP contribution in [0.4, 0.5) is 5.69 Å². The number of anilines is 1. The number of thiophene rings is 1. The molecular formula is C23H28ClN3O3S. The molecule has 6 nitrogen and oxygen atoms in total. The van der Waals surface area contributed by atoms with E-state index in [1.54, 1.807) is 41.5 Å². The van der Waals surface area contributed by atoms with Crippen molar-refractivity contribution in [2.75, 3.05) is 38.2 Å². The minimum Gasteiger partial charge on any atom is -0.495 e. The Morgan fingerprint density at radius 2 is 2.10 bits per heavy atom. The first-order valence-electron chi connectivity index (χ1n) is 10.7. The fourth-order valence-corrected chi connectivity index (χ4v) is 5.26. The maximum absolute atomic E-state index is 12.8. The van der Waals surface area contributed by atoms with Crippen molar-refractivity contribution in [2.24, 2.45) is 11.8 Å². The van der Waals surface area contributed by atoms with E-state index in [-0.39, 0.29) is 24.2 Å². The summed E-state index contributed by atoms with van der Waals surface area (Å²) in [5.41, 5.74) is 0.619. The number of methoxy groups -OCH3 is 1. The third-order valence-electron chi connectivity index (χ3n) is 6.16. The predicted molar refractivity (Wildman–Crippen MR) is 124 cm³/mol. The Bertz CT molecular complexity index is 913. The van der Waals surface area contributed by atoms with Gasteiger partial charge in [-0.05, 0) is 61.5 Å². The molecule has 0 spiro atoms. The highest BCUT2D eigenvalue weighted by Gasteiger charge is 2.36. The molecule has 0 saturated carbocycles. The molecule has 8 heteroatoms. The lowest BCUT2D eigenvalue weighted by atomic mass is 9.96. The van der Waals surface area contributed by atoms with Gasteiger partial charge in [0.25, 0.3) is 0 Å². The first-order valence-corrected chi connectivity index (χ1v) is 12.0. The van der Waals surface area contributed by atoms with Gasteiger partial charge in [0.2, 0.25) is 11.8 Å². The minimum atomic E-state index is -0.352. The largest absolute Gasteiger partial charge is 0.495 e. The lowest BCUT2D eigenvalue weighted by molar-refractivity contribution is -0.126. The third-order valence-corrected chi connectivity index (χ3v) is 7.26. The summed E-state index contributed by atoms with van der Waals surface area (Å²) in [6.45, 7) is 4.16. The Labute approximate surface area is 192 Å². The average Bonchev–Trinajstić information content (AvgIpc) is 3.42. The topological polar surface area (TPSA) is 61.9 Å². The van der Waals surface area contributed by atoms with E-state index in [0.29, 0.717) is 35.5 Å². The summed E-state index contributed by atoms with van der Waals surface area (Å²) in [5, 5.41) is 5.75. The van der Waals surface area contributed by atoms with Crippen molar-refractivity contribution >= 4 is 40.4 Å². The van der Waals surface area contributed by atoms with Crippen molar-refractivity contribution in [3.05, 3.63) is 45.6 Å². The van der Waals surface area contributed by atoms with Crippen molar-refractivity contribution in [1.82, 2.24) is 10.2 Å². The molecule has 1 aromatic heterocycles. The number of hydrogen-bond acceptors (Lipinski definition) is 5. The number of carbonyl (C=O) groups excluding carboxylic acids is 2. The second-order valence-electron chi connectivity index (χ2n) is 8.27. The molecule has 31 heavy (non-hydrogen) atoms. The molecule has 1 aromatic carbocycles. The van der Waals surface area contributed by atoms with Gasteiger partial charge in [-0.3, -0.25) is 14.5 Å². The van der Waals surface area contributed by atoms with E-state index >= 15 is 0 Å². The molecule has 2 aliphatic heterocycles. The second-order valence-corrected chi connectivity index (χ2v) is 9.73. The van der Waals surface area contributed by atoms with Crippen LogP contribution in [0, 0.1) is 11.8 Å². The molecule has 2 aliphatic rings. The molecule has 0 aliphatic carbocycles. The number of nitrogens with zero attached hydrogens (tertiary/aromatic N) is 2. The normalized spacial score (nSPS) is 20.3. The van der Waals surface area contributed by atoms with Crippen LogP contribution in [0.5, 0.6) is 5.75 Å². The maximum Gasteiger partial charge on any atom is 0.227 e. The van der Waals surface area contributed by atoms with E-state index in [2.05, 4.69) is 27.7 Å². The fraction of sp³-hybridized carbons (Fsp3) is 0.478. The Kier molecular flexibility index (Phi) is 7.15. The van der Waals surface area contributed by atoms with Gasteiger partial charge >= 0.3 is 0 Å². The van der Waals surface area contributed by atoms with Crippen LogP contribution in [-0.2, 0) is 16.1 Å². The van der Waals surface area contributed by atoms with Crippen LogP contribution in [0.25, 0.3) is 0 Å². The molecule has 0 radical (unpaired) electrons. The fourth-order valence-electron chi connectivity index (χ4n) is 4.35. The van der Waals surface area contributed by atoms with Crippen LogP contribution in [0.2, 0.25) is 5.02 Å². The first-order chi connectivity index (χ1) is 15.0. The van der Waals surface area contributed by atoms with Gasteiger partial charge < -0.3 is 15.0 Å². The molecule has 2 aromatic rings. The highest BCUT2D eigenvalue weighted by atomic mass is 35.5. The number of benzene rings is 1. The van der Waals surface area contributed by atoms with Gasteiger partial charge in [0, 0.05) is 36.0 Å². The maximum atomic E-state index is 12.8. The number of amides is 2. The van der Waals surface area contributed by atoms with Gasteiger partial charge in [0.1, 0.15) is 5.75 Å². The quantitative estimate of drug-likeness (QED) is 0.681. The number of nitrogens with one attached hydrogen (secondary N) is 1. The van der Waals surface area contributed by atoms with Crippen LogP contribution in [0.15, 0.2) is 35.7 Å². The highest BCUT2D eigenvalue weighted by molar-refractivity contribution is 7.09. The molecule has 1 N–H and O–H groups in total. The van der Waals surface area contributed by atoms with Crippen LogP contribution in [-0.4, -0.2) is 50.0 Å². The summed E-state index contributed by atoms with van der Waals surface area (Å²) in [5.74, 6) is 0.591. The number of hydrogen-bond donors (Lipinski definition) is 1. The average molecular weight is 462 g/mol. The van der Waals surface area contributed by atoms with Gasteiger partial charge in [-0.1, -0.05) is 17.7 Å². The van der Waals surface area contributed by atoms with Crippen molar-refractivity contribution in [3.63, 3.8) is 0 Å². The Morgan fingerprint density at radius 1 is 1.29 bits per heavy atom. The second kappa shape index (κ2) is 10.0. The van der Waals surface area contributed by atoms with Crippen molar-refractivity contribution in [3.8, 4) is 5.75 Å². The zero-order chi connectivity index (χ0) is 21.8. The number of ether oxygens (including phenoxy) is 1. The number of piperidine rings is 1. The number of likely N-dealkylation sites (tertiary alicyclic amines) is 1. The van der Waals surface area contributed by atoms with Gasteiger partial charge in [-0.2, -0.15) is 0 Å². The van der Waals surface area contributed by atoms with Crippen LogP contribution in [0.1, 0.15) is 24.1 Å².